The molecule has 25 heavy (non-hydrogen) atoms. The first kappa shape index (κ1) is 18.9. The molecule has 0 fully saturated rings. The highest BCUT2D eigenvalue weighted by molar-refractivity contribution is 9.10. The minimum Gasteiger partial charge on any atom is -0.396 e. The number of hydrogen-bond acceptors (Lipinski definition) is 4. The molecule has 2 amide bonds. The highest BCUT2D eigenvalue weighted by atomic mass is 79.9. The summed E-state index contributed by atoms with van der Waals surface area (Å²) in [5, 5.41) is 8.67. The number of nitrogens with one attached hydrogen (secondary N) is 3. The fourth-order valence-corrected chi connectivity index (χ4v) is 2.84. The molecule has 0 aliphatic rings. The van der Waals surface area contributed by atoms with Crippen LogP contribution in [0.25, 0.3) is 0 Å². The van der Waals surface area contributed by atoms with Crippen LogP contribution in [0.3, 0.4) is 0 Å². The number of amides is 2. The molecule has 0 saturated carbocycles. The number of carbonyl (C=O) groups is 3. The lowest BCUT2D eigenvalue weighted by atomic mass is 9.99. The van der Waals surface area contributed by atoms with Gasteiger partial charge in [-0.15, -0.1) is 0 Å². The number of hydrogen-bond donors (Lipinski definition) is 4. The van der Waals surface area contributed by atoms with Crippen LogP contribution in [-0.2, 0) is 4.79 Å². The molecule has 0 radical (unpaired) electrons. The number of aliphatic hydroxyl groups is 1. The first-order valence-electron chi connectivity index (χ1n) is 7.54. The SMILES string of the molecule is Cc1[nH]c(C(=O)NNC(=O)CCO)c(C)c1C(=O)c1cccc(Br)c1. The molecule has 2 rings (SSSR count). The zero-order chi connectivity index (χ0) is 18.6. The summed E-state index contributed by atoms with van der Waals surface area (Å²) in [4.78, 5) is 39.2. The molecule has 1 aromatic carbocycles. The molecule has 4 N–H and O–H groups in total. The van der Waals surface area contributed by atoms with Crippen LogP contribution in [0, 0.1) is 13.8 Å². The number of halogens is 1. The minimum absolute atomic E-state index is 0.115. The molecular formula is C17H18BrN3O4. The van der Waals surface area contributed by atoms with Crippen molar-refractivity contribution < 1.29 is 19.5 Å². The Morgan fingerprint density at radius 3 is 2.56 bits per heavy atom. The van der Waals surface area contributed by atoms with Crippen molar-refractivity contribution in [1.82, 2.24) is 15.8 Å². The molecular weight excluding hydrogens is 390 g/mol. The summed E-state index contributed by atoms with van der Waals surface area (Å²) in [7, 11) is 0. The fourth-order valence-electron chi connectivity index (χ4n) is 2.44. The quantitative estimate of drug-likeness (QED) is 0.446. The number of benzene rings is 1. The van der Waals surface area contributed by atoms with Gasteiger partial charge in [-0.2, -0.15) is 0 Å². The van der Waals surface area contributed by atoms with Crippen LogP contribution >= 0.6 is 15.9 Å². The Labute approximate surface area is 152 Å². The molecule has 0 unspecified atom stereocenters. The van der Waals surface area contributed by atoms with Crippen molar-refractivity contribution in [2.45, 2.75) is 20.3 Å². The van der Waals surface area contributed by atoms with Crippen LogP contribution in [0.2, 0.25) is 0 Å². The summed E-state index contributed by atoms with van der Waals surface area (Å²) in [6.45, 7) is 3.06. The number of aromatic amines is 1. The van der Waals surface area contributed by atoms with E-state index in [4.69, 9.17) is 5.11 Å². The molecule has 1 heterocycles. The Bertz CT molecular complexity index is 829. The number of rotatable bonds is 5. The van der Waals surface area contributed by atoms with Gasteiger partial charge in [0, 0.05) is 21.3 Å². The second-order valence-electron chi connectivity index (χ2n) is 5.44. The first-order chi connectivity index (χ1) is 11.8. The third-order valence-corrected chi connectivity index (χ3v) is 4.13. The number of aromatic nitrogens is 1. The maximum Gasteiger partial charge on any atom is 0.286 e. The van der Waals surface area contributed by atoms with Gasteiger partial charge in [0.1, 0.15) is 5.69 Å². The van der Waals surface area contributed by atoms with Gasteiger partial charge in [-0.1, -0.05) is 28.1 Å². The van der Waals surface area contributed by atoms with Gasteiger partial charge in [-0.25, -0.2) is 0 Å². The van der Waals surface area contributed by atoms with E-state index in [0.717, 1.165) is 4.47 Å². The van der Waals surface area contributed by atoms with E-state index in [1.165, 1.54) is 0 Å². The molecule has 132 valence electrons. The van der Waals surface area contributed by atoms with Crippen molar-refractivity contribution in [3.8, 4) is 0 Å². The van der Waals surface area contributed by atoms with Crippen molar-refractivity contribution in [1.29, 1.82) is 0 Å². The molecule has 1 aromatic heterocycles. The molecule has 8 heteroatoms. The Balaban J connectivity index is 2.24. The van der Waals surface area contributed by atoms with E-state index < -0.39 is 11.8 Å². The number of ketones is 1. The normalized spacial score (nSPS) is 10.4. The van der Waals surface area contributed by atoms with Crippen molar-refractivity contribution >= 4 is 33.5 Å². The molecule has 0 atom stereocenters. The van der Waals surface area contributed by atoms with Crippen LogP contribution in [0.15, 0.2) is 28.7 Å². The number of H-pyrrole nitrogens is 1. The molecule has 0 aliphatic heterocycles. The molecule has 2 aromatic rings. The van der Waals surface area contributed by atoms with Crippen LogP contribution in [0.5, 0.6) is 0 Å². The van der Waals surface area contributed by atoms with Crippen molar-refractivity contribution in [3.63, 3.8) is 0 Å². The van der Waals surface area contributed by atoms with E-state index in [1.54, 1.807) is 32.0 Å². The van der Waals surface area contributed by atoms with E-state index in [0.29, 0.717) is 22.4 Å². The lowest BCUT2D eigenvalue weighted by molar-refractivity contribution is -0.122. The summed E-state index contributed by atoms with van der Waals surface area (Å²) in [6, 6.07) is 7.00. The zero-order valence-corrected chi connectivity index (χ0v) is 15.4. The van der Waals surface area contributed by atoms with Gasteiger partial charge >= 0.3 is 0 Å². The topological polar surface area (TPSA) is 111 Å². The van der Waals surface area contributed by atoms with Crippen LogP contribution in [0.1, 0.15) is 44.1 Å². The third kappa shape index (κ3) is 4.34. The number of aliphatic hydroxyl groups excluding tert-OH is 1. The zero-order valence-electron chi connectivity index (χ0n) is 13.8. The van der Waals surface area contributed by atoms with Crippen molar-refractivity contribution in [3.05, 3.63) is 56.8 Å². The third-order valence-electron chi connectivity index (χ3n) is 3.63. The lowest BCUT2D eigenvalue weighted by Gasteiger charge is -2.06. The Morgan fingerprint density at radius 2 is 1.92 bits per heavy atom. The average molecular weight is 408 g/mol. The van der Waals surface area contributed by atoms with Crippen LogP contribution in [0.4, 0.5) is 0 Å². The van der Waals surface area contributed by atoms with Crippen LogP contribution in [-0.4, -0.2) is 34.3 Å². The second-order valence-corrected chi connectivity index (χ2v) is 6.36. The summed E-state index contributed by atoms with van der Waals surface area (Å²) in [6.07, 6.45) is -0.115. The maximum absolute atomic E-state index is 12.8. The highest BCUT2D eigenvalue weighted by Crippen LogP contribution is 2.23. The fraction of sp³-hybridized carbons (Fsp3) is 0.235. The molecule has 7 nitrogen and oxygen atoms in total. The van der Waals surface area contributed by atoms with E-state index in [1.807, 2.05) is 6.07 Å². The first-order valence-corrected chi connectivity index (χ1v) is 8.34. The number of carbonyl (C=O) groups excluding carboxylic acids is 3. The summed E-state index contributed by atoms with van der Waals surface area (Å²) in [5.41, 5.74) is 6.63. The standard InChI is InChI=1S/C17H18BrN3O4/c1-9-14(16(24)11-4-3-5-12(18)8-11)10(2)19-15(9)17(25)21-20-13(23)6-7-22/h3-5,8,19,22H,6-7H2,1-2H3,(H,20,23)(H,21,25). The Kier molecular flexibility index (Phi) is 6.11. The summed E-state index contributed by atoms with van der Waals surface area (Å²) >= 11 is 3.33. The minimum atomic E-state index is -0.569. The van der Waals surface area contributed by atoms with E-state index in [9.17, 15) is 14.4 Å². The summed E-state index contributed by atoms with van der Waals surface area (Å²) in [5.74, 6) is -1.28. The maximum atomic E-state index is 12.8. The smallest absolute Gasteiger partial charge is 0.286 e. The van der Waals surface area contributed by atoms with Crippen LogP contribution < -0.4 is 10.9 Å². The Hall–Kier alpha value is -2.45. The second kappa shape index (κ2) is 8.09. The van der Waals surface area contributed by atoms with Gasteiger partial charge < -0.3 is 10.1 Å². The lowest BCUT2D eigenvalue weighted by Crippen LogP contribution is -2.42. The van der Waals surface area contributed by atoms with Gasteiger partial charge in [-0.05, 0) is 31.5 Å². The average Bonchev–Trinajstić information content (AvgIpc) is 2.87. The molecule has 0 saturated heterocycles. The monoisotopic (exact) mass is 407 g/mol. The molecule has 0 spiro atoms. The van der Waals surface area contributed by atoms with E-state index in [-0.39, 0.29) is 24.5 Å². The predicted molar refractivity (Wildman–Crippen MR) is 95.2 cm³/mol. The van der Waals surface area contributed by atoms with Gasteiger partial charge in [0.2, 0.25) is 5.91 Å². The number of hydrazine groups is 1. The van der Waals surface area contributed by atoms with Gasteiger partial charge in [-0.3, -0.25) is 25.2 Å². The van der Waals surface area contributed by atoms with E-state index >= 15 is 0 Å². The summed E-state index contributed by atoms with van der Waals surface area (Å²) < 4.78 is 0.786. The number of aryl methyl sites for hydroxylation is 1. The van der Waals surface area contributed by atoms with Crippen molar-refractivity contribution in [2.24, 2.45) is 0 Å². The van der Waals surface area contributed by atoms with E-state index in [2.05, 4.69) is 31.8 Å². The largest absolute Gasteiger partial charge is 0.396 e. The Morgan fingerprint density at radius 1 is 1.20 bits per heavy atom. The molecule has 0 aliphatic carbocycles. The van der Waals surface area contributed by atoms with Crippen molar-refractivity contribution in [2.75, 3.05) is 6.61 Å². The van der Waals surface area contributed by atoms with Gasteiger partial charge in [0.05, 0.1) is 13.0 Å². The molecule has 0 bridgehead atoms. The highest BCUT2D eigenvalue weighted by Gasteiger charge is 2.23. The van der Waals surface area contributed by atoms with Gasteiger partial charge in [0.25, 0.3) is 5.91 Å². The predicted octanol–water partition coefficient (Wildman–Crippen LogP) is 1.77. The van der Waals surface area contributed by atoms with Gasteiger partial charge in [0.15, 0.2) is 5.78 Å².